The summed E-state index contributed by atoms with van der Waals surface area (Å²) in [4.78, 5) is 29.9. The zero-order valence-electron chi connectivity index (χ0n) is 17.9. The van der Waals surface area contributed by atoms with Crippen LogP contribution >= 0.6 is 0 Å². The number of carbonyl (C=O) groups is 2. The molecule has 1 aliphatic heterocycles. The maximum Gasteiger partial charge on any atom is 0.314 e. The summed E-state index contributed by atoms with van der Waals surface area (Å²) in [6, 6.07) is 13.6. The summed E-state index contributed by atoms with van der Waals surface area (Å²) in [6.45, 7) is 2.95. The van der Waals surface area contributed by atoms with Crippen LogP contribution in [-0.4, -0.2) is 50.6 Å². The van der Waals surface area contributed by atoms with Crippen LogP contribution in [0.1, 0.15) is 35.7 Å². The van der Waals surface area contributed by atoms with Gasteiger partial charge in [0, 0.05) is 38.4 Å². The third-order valence-electron chi connectivity index (χ3n) is 5.66. The van der Waals surface area contributed by atoms with Gasteiger partial charge in [-0.15, -0.1) is 0 Å². The third kappa shape index (κ3) is 4.81. The summed E-state index contributed by atoms with van der Waals surface area (Å²) in [6.07, 6.45) is 1.75. The molecule has 2 aromatic carbocycles. The minimum absolute atomic E-state index is 0.0900. The monoisotopic (exact) mass is 412 g/mol. The quantitative estimate of drug-likeness (QED) is 0.675. The van der Waals surface area contributed by atoms with Crippen molar-refractivity contribution in [2.24, 2.45) is 5.41 Å². The van der Waals surface area contributed by atoms with Crippen molar-refractivity contribution in [3.63, 3.8) is 0 Å². The number of benzene rings is 2. The lowest BCUT2D eigenvalue weighted by Gasteiger charge is -2.41. The van der Waals surface area contributed by atoms with Crippen molar-refractivity contribution in [2.75, 3.05) is 38.7 Å². The first-order chi connectivity index (χ1) is 14.3. The molecule has 1 saturated heterocycles. The molecule has 0 saturated carbocycles. The highest BCUT2D eigenvalue weighted by molar-refractivity contribution is 5.95. The highest BCUT2D eigenvalue weighted by Crippen LogP contribution is 2.36. The Labute approximate surface area is 177 Å². The Morgan fingerprint density at radius 1 is 1.10 bits per heavy atom. The van der Waals surface area contributed by atoms with Crippen LogP contribution in [0.2, 0.25) is 0 Å². The van der Waals surface area contributed by atoms with Crippen molar-refractivity contribution in [2.45, 2.75) is 26.2 Å². The molecule has 0 unspecified atom stereocenters. The van der Waals surface area contributed by atoms with Crippen molar-refractivity contribution in [1.82, 2.24) is 4.90 Å². The second-order valence-electron chi connectivity index (χ2n) is 8.08. The first-order valence-corrected chi connectivity index (χ1v) is 10.3. The molecule has 0 radical (unpaired) electrons. The number of hydrogen-bond acceptors (Lipinski definition) is 4. The van der Waals surface area contributed by atoms with Gasteiger partial charge < -0.3 is 14.5 Å². The molecule has 1 atom stereocenters. The molecule has 1 amide bonds. The molecule has 1 aliphatic rings. The van der Waals surface area contributed by atoms with Crippen LogP contribution in [0.5, 0.6) is 0 Å². The fourth-order valence-corrected chi connectivity index (χ4v) is 4.05. The molecule has 5 nitrogen and oxygen atoms in total. The van der Waals surface area contributed by atoms with E-state index in [9.17, 15) is 14.0 Å². The normalized spacial score (nSPS) is 18.7. The topological polar surface area (TPSA) is 49.9 Å². The minimum Gasteiger partial charge on any atom is -0.466 e. The molecule has 1 fully saturated rings. The number of anilines is 1. The fraction of sp³-hybridized carbons (Fsp3) is 0.417. The van der Waals surface area contributed by atoms with E-state index in [4.69, 9.17) is 4.74 Å². The molecule has 0 spiro atoms. The second-order valence-corrected chi connectivity index (χ2v) is 8.08. The van der Waals surface area contributed by atoms with Gasteiger partial charge in [-0.1, -0.05) is 12.1 Å². The lowest BCUT2D eigenvalue weighted by Crippen LogP contribution is -2.51. The first kappa shape index (κ1) is 21.8. The smallest absolute Gasteiger partial charge is 0.314 e. The summed E-state index contributed by atoms with van der Waals surface area (Å²) >= 11 is 0. The number of amides is 1. The molecule has 3 rings (SSSR count). The maximum atomic E-state index is 13.3. The minimum atomic E-state index is -0.828. The SMILES string of the molecule is CCOC(=O)[C@]1(Cc2ccc(F)cc2)CCCN(C(=O)c2ccc(N(C)C)cc2)C1. The van der Waals surface area contributed by atoms with Gasteiger partial charge in [0.15, 0.2) is 0 Å². The summed E-state index contributed by atoms with van der Waals surface area (Å²) in [5.41, 5.74) is 1.64. The Morgan fingerprint density at radius 2 is 1.77 bits per heavy atom. The number of ether oxygens (including phenoxy) is 1. The number of nitrogens with zero attached hydrogens (tertiary/aromatic N) is 2. The van der Waals surface area contributed by atoms with E-state index in [1.807, 2.05) is 43.3 Å². The van der Waals surface area contributed by atoms with Crippen molar-refractivity contribution < 1.29 is 18.7 Å². The Bertz CT molecular complexity index is 880. The van der Waals surface area contributed by atoms with E-state index >= 15 is 0 Å². The van der Waals surface area contributed by atoms with Gasteiger partial charge in [-0.3, -0.25) is 9.59 Å². The average Bonchev–Trinajstić information content (AvgIpc) is 2.75. The zero-order chi connectivity index (χ0) is 21.7. The molecule has 1 heterocycles. The number of esters is 1. The average molecular weight is 413 g/mol. The standard InChI is InChI=1S/C24H29FN2O3/c1-4-30-23(29)24(16-18-6-10-20(25)11-7-18)14-5-15-27(17-24)22(28)19-8-12-21(13-9-19)26(2)3/h6-13H,4-5,14-17H2,1-3H3/t24-/m0/s1. The van der Waals surface area contributed by atoms with E-state index in [1.54, 1.807) is 24.0 Å². The second kappa shape index (κ2) is 9.28. The summed E-state index contributed by atoms with van der Waals surface area (Å²) in [5, 5.41) is 0. The van der Waals surface area contributed by atoms with Crippen molar-refractivity contribution in [3.8, 4) is 0 Å². The van der Waals surface area contributed by atoms with Crippen LogP contribution in [0.3, 0.4) is 0 Å². The summed E-state index contributed by atoms with van der Waals surface area (Å²) in [7, 11) is 3.90. The van der Waals surface area contributed by atoms with E-state index in [0.717, 1.165) is 11.3 Å². The largest absolute Gasteiger partial charge is 0.466 e. The van der Waals surface area contributed by atoms with E-state index in [1.165, 1.54) is 12.1 Å². The highest BCUT2D eigenvalue weighted by Gasteiger charge is 2.44. The first-order valence-electron chi connectivity index (χ1n) is 10.3. The number of halogens is 1. The van der Waals surface area contributed by atoms with Crippen LogP contribution in [0.25, 0.3) is 0 Å². The lowest BCUT2D eigenvalue weighted by atomic mass is 9.75. The molecule has 6 heteroatoms. The van der Waals surface area contributed by atoms with Crippen molar-refractivity contribution in [3.05, 3.63) is 65.5 Å². The van der Waals surface area contributed by atoms with Gasteiger partial charge in [-0.2, -0.15) is 0 Å². The zero-order valence-corrected chi connectivity index (χ0v) is 17.9. The molecular formula is C24H29FN2O3. The van der Waals surface area contributed by atoms with Crippen molar-refractivity contribution in [1.29, 1.82) is 0 Å². The molecule has 0 aliphatic carbocycles. The van der Waals surface area contributed by atoms with Crippen LogP contribution in [0.4, 0.5) is 10.1 Å². The van der Waals surface area contributed by atoms with Crippen LogP contribution in [0.15, 0.2) is 48.5 Å². The van der Waals surface area contributed by atoms with Crippen LogP contribution in [0, 0.1) is 11.2 Å². The Hall–Kier alpha value is -2.89. The van der Waals surface area contributed by atoms with Crippen LogP contribution in [-0.2, 0) is 16.0 Å². The van der Waals surface area contributed by atoms with Gasteiger partial charge in [0.2, 0.25) is 0 Å². The van der Waals surface area contributed by atoms with Gasteiger partial charge in [0.1, 0.15) is 5.82 Å². The van der Waals surface area contributed by atoms with E-state index in [-0.39, 0.29) is 30.8 Å². The summed E-state index contributed by atoms with van der Waals surface area (Å²) in [5.74, 6) is -0.701. The van der Waals surface area contributed by atoms with Gasteiger partial charge >= 0.3 is 5.97 Å². The predicted octanol–water partition coefficient (Wildman–Crippen LogP) is 3.92. The molecule has 2 aromatic rings. The molecule has 160 valence electrons. The molecule has 30 heavy (non-hydrogen) atoms. The Morgan fingerprint density at radius 3 is 2.37 bits per heavy atom. The third-order valence-corrected chi connectivity index (χ3v) is 5.66. The van der Waals surface area contributed by atoms with Gasteiger partial charge in [0.25, 0.3) is 5.91 Å². The number of carbonyl (C=O) groups excluding carboxylic acids is 2. The Kier molecular flexibility index (Phi) is 6.75. The van der Waals surface area contributed by atoms with E-state index in [2.05, 4.69) is 0 Å². The number of hydrogen-bond donors (Lipinski definition) is 0. The highest BCUT2D eigenvalue weighted by atomic mass is 19.1. The van der Waals surface area contributed by atoms with Gasteiger partial charge in [-0.05, 0) is 68.1 Å². The van der Waals surface area contributed by atoms with Gasteiger partial charge in [-0.25, -0.2) is 4.39 Å². The maximum absolute atomic E-state index is 13.3. The lowest BCUT2D eigenvalue weighted by molar-refractivity contribution is -0.158. The number of likely N-dealkylation sites (tertiary alicyclic amines) is 1. The number of piperidine rings is 1. The fourth-order valence-electron chi connectivity index (χ4n) is 4.05. The molecular weight excluding hydrogens is 383 g/mol. The molecule has 0 bridgehead atoms. The van der Waals surface area contributed by atoms with E-state index in [0.29, 0.717) is 31.4 Å². The van der Waals surface area contributed by atoms with Crippen molar-refractivity contribution >= 4 is 17.6 Å². The molecule has 0 aromatic heterocycles. The van der Waals surface area contributed by atoms with E-state index < -0.39 is 5.41 Å². The summed E-state index contributed by atoms with van der Waals surface area (Å²) < 4.78 is 18.7. The Balaban J connectivity index is 1.84. The predicted molar refractivity (Wildman–Crippen MR) is 115 cm³/mol. The number of rotatable bonds is 6. The molecule has 0 N–H and O–H groups in total. The van der Waals surface area contributed by atoms with Crippen LogP contribution < -0.4 is 4.90 Å². The van der Waals surface area contributed by atoms with Gasteiger partial charge in [0.05, 0.1) is 12.0 Å².